The van der Waals surface area contributed by atoms with Gasteiger partial charge in [0, 0.05) is 17.3 Å². The summed E-state index contributed by atoms with van der Waals surface area (Å²) in [4.78, 5) is 22.9. The molecule has 1 aromatic heterocycles. The van der Waals surface area contributed by atoms with Crippen molar-refractivity contribution in [3.05, 3.63) is 63.7 Å². The zero-order valence-electron chi connectivity index (χ0n) is 11.3. The fraction of sp³-hybridized carbons (Fsp3) is 0.125. The van der Waals surface area contributed by atoms with E-state index in [-0.39, 0.29) is 18.1 Å². The van der Waals surface area contributed by atoms with E-state index in [0.717, 1.165) is 11.8 Å². The molecule has 0 spiro atoms. The van der Waals surface area contributed by atoms with Gasteiger partial charge in [0.1, 0.15) is 12.9 Å². The monoisotopic (exact) mass is 283 g/mol. The molecule has 2 rings (SSSR count). The van der Waals surface area contributed by atoms with E-state index >= 15 is 0 Å². The van der Waals surface area contributed by atoms with Crippen LogP contribution in [0.5, 0.6) is 0 Å². The Kier molecular flexibility index (Phi) is 4.54. The maximum Gasteiger partial charge on any atom is 0.335 e. The van der Waals surface area contributed by atoms with Crippen LogP contribution in [0.4, 0.5) is 5.69 Å². The van der Waals surface area contributed by atoms with E-state index in [4.69, 9.17) is 5.11 Å². The number of amides is 1. The number of carbonyl (C=O) groups is 1. The highest BCUT2D eigenvalue weighted by Gasteiger charge is 2.07. The smallest absolute Gasteiger partial charge is 0.335 e. The Bertz CT molecular complexity index is 760. The molecule has 0 aliphatic heterocycles. The molecular formula is C16H13NO4. The summed E-state index contributed by atoms with van der Waals surface area (Å²) in [7, 11) is 0. The Morgan fingerprint density at radius 2 is 2.14 bits per heavy atom. The summed E-state index contributed by atoms with van der Waals surface area (Å²) in [5, 5.41) is 11.4. The van der Waals surface area contributed by atoms with Crippen molar-refractivity contribution in [3.8, 4) is 11.8 Å². The number of hydrogen-bond acceptors (Lipinski definition) is 4. The molecule has 1 heterocycles. The first kappa shape index (κ1) is 14.6. The Hall–Kier alpha value is -2.84. The third-order valence-corrected chi connectivity index (χ3v) is 2.61. The molecule has 0 bridgehead atoms. The Labute approximate surface area is 121 Å². The fourth-order valence-corrected chi connectivity index (χ4v) is 1.76. The van der Waals surface area contributed by atoms with Gasteiger partial charge < -0.3 is 14.8 Å². The molecule has 0 saturated heterocycles. The van der Waals surface area contributed by atoms with Crippen molar-refractivity contribution in [2.75, 3.05) is 11.9 Å². The molecule has 21 heavy (non-hydrogen) atoms. The molecule has 106 valence electrons. The molecule has 0 aliphatic carbocycles. The van der Waals surface area contributed by atoms with Crippen LogP contribution < -0.4 is 10.9 Å². The van der Waals surface area contributed by atoms with E-state index in [1.807, 2.05) is 13.0 Å². The number of aliphatic hydroxyl groups excluding tert-OH is 1. The summed E-state index contributed by atoms with van der Waals surface area (Å²) in [6, 6.07) is 7.92. The van der Waals surface area contributed by atoms with Crippen molar-refractivity contribution in [1.29, 1.82) is 0 Å². The highest BCUT2D eigenvalue weighted by molar-refractivity contribution is 6.04. The zero-order valence-corrected chi connectivity index (χ0v) is 11.3. The lowest BCUT2D eigenvalue weighted by Gasteiger charge is -2.06. The number of rotatable bonds is 2. The first-order valence-electron chi connectivity index (χ1n) is 6.20. The normalized spacial score (nSPS) is 9.62. The fourth-order valence-electron chi connectivity index (χ4n) is 1.76. The Morgan fingerprint density at radius 1 is 1.33 bits per heavy atom. The predicted molar refractivity (Wildman–Crippen MR) is 78.1 cm³/mol. The second-order valence-electron chi connectivity index (χ2n) is 4.35. The topological polar surface area (TPSA) is 79.5 Å². The Balaban J connectivity index is 2.22. The minimum atomic E-state index is -0.510. The van der Waals surface area contributed by atoms with Gasteiger partial charge in [-0.05, 0) is 36.8 Å². The van der Waals surface area contributed by atoms with Crippen molar-refractivity contribution < 1.29 is 14.3 Å². The molecule has 5 nitrogen and oxygen atoms in total. The Morgan fingerprint density at radius 3 is 2.81 bits per heavy atom. The van der Waals surface area contributed by atoms with Crippen LogP contribution in [-0.2, 0) is 0 Å². The first-order chi connectivity index (χ1) is 10.1. The molecule has 0 saturated carbocycles. The second kappa shape index (κ2) is 6.55. The zero-order chi connectivity index (χ0) is 15.2. The van der Waals surface area contributed by atoms with Gasteiger partial charge in [0.05, 0.1) is 5.56 Å². The summed E-state index contributed by atoms with van der Waals surface area (Å²) in [6.45, 7) is 1.65. The van der Waals surface area contributed by atoms with Gasteiger partial charge in [-0.2, -0.15) is 0 Å². The van der Waals surface area contributed by atoms with E-state index in [9.17, 15) is 9.59 Å². The number of anilines is 1. The number of carbonyl (C=O) groups excluding carboxylic acids is 1. The highest BCUT2D eigenvalue weighted by Crippen LogP contribution is 2.15. The lowest BCUT2D eigenvalue weighted by Crippen LogP contribution is -2.13. The van der Waals surface area contributed by atoms with Crippen LogP contribution >= 0.6 is 0 Å². The molecule has 0 aliphatic rings. The van der Waals surface area contributed by atoms with Crippen molar-refractivity contribution in [2.45, 2.75) is 6.92 Å². The predicted octanol–water partition coefficient (Wildman–Crippen LogP) is 1.54. The summed E-state index contributed by atoms with van der Waals surface area (Å²) in [5.74, 6) is 4.95. The molecule has 0 fully saturated rings. The van der Waals surface area contributed by atoms with Crippen molar-refractivity contribution in [3.63, 3.8) is 0 Å². The second-order valence-corrected chi connectivity index (χ2v) is 4.35. The van der Waals surface area contributed by atoms with Crippen molar-refractivity contribution in [2.24, 2.45) is 0 Å². The molecule has 2 N–H and O–H groups in total. The average Bonchev–Trinajstić information content (AvgIpc) is 2.45. The van der Waals surface area contributed by atoms with Gasteiger partial charge >= 0.3 is 5.63 Å². The largest absolute Gasteiger partial charge is 0.430 e. The molecule has 0 radical (unpaired) electrons. The summed E-state index contributed by atoms with van der Waals surface area (Å²) in [6.07, 6.45) is 1.11. The molecule has 0 atom stereocenters. The number of aliphatic hydroxyl groups is 1. The van der Waals surface area contributed by atoms with Gasteiger partial charge in [-0.25, -0.2) is 4.79 Å². The van der Waals surface area contributed by atoms with E-state index in [1.165, 1.54) is 12.1 Å². The molecule has 1 amide bonds. The third kappa shape index (κ3) is 4.06. The number of hydrogen-bond donors (Lipinski definition) is 2. The van der Waals surface area contributed by atoms with Crippen LogP contribution in [0.1, 0.15) is 21.5 Å². The number of benzene rings is 1. The number of aryl methyl sites for hydroxylation is 1. The quantitative estimate of drug-likeness (QED) is 0.819. The van der Waals surface area contributed by atoms with Crippen LogP contribution in [0.25, 0.3) is 0 Å². The minimum Gasteiger partial charge on any atom is -0.430 e. The summed E-state index contributed by atoms with van der Waals surface area (Å²) in [5.41, 5.74) is 1.93. The van der Waals surface area contributed by atoms with Gasteiger partial charge in [-0.15, -0.1) is 0 Å². The first-order valence-corrected chi connectivity index (χ1v) is 6.20. The van der Waals surface area contributed by atoms with Crippen LogP contribution in [0.3, 0.4) is 0 Å². The minimum absolute atomic E-state index is 0.224. The van der Waals surface area contributed by atoms with Crippen LogP contribution in [0, 0.1) is 18.8 Å². The molecule has 5 heteroatoms. The molecule has 0 unspecified atom stereocenters. The van der Waals surface area contributed by atoms with Crippen molar-refractivity contribution in [1.82, 2.24) is 0 Å². The lowest BCUT2D eigenvalue weighted by atomic mass is 10.1. The van der Waals surface area contributed by atoms with E-state index < -0.39 is 5.63 Å². The lowest BCUT2D eigenvalue weighted by molar-refractivity contribution is 0.102. The van der Waals surface area contributed by atoms with Crippen LogP contribution in [-0.4, -0.2) is 17.6 Å². The van der Waals surface area contributed by atoms with Gasteiger partial charge in [0.2, 0.25) is 0 Å². The van der Waals surface area contributed by atoms with E-state index in [0.29, 0.717) is 11.3 Å². The maximum absolute atomic E-state index is 12.0. The summed E-state index contributed by atoms with van der Waals surface area (Å²) >= 11 is 0. The SMILES string of the molecule is Cc1cc(C#CCO)cc(NC(=O)c2ccc(=O)oc2)c1. The molecular weight excluding hydrogens is 270 g/mol. The van der Waals surface area contributed by atoms with Gasteiger partial charge in [-0.1, -0.05) is 11.8 Å². The van der Waals surface area contributed by atoms with Crippen LogP contribution in [0.15, 0.2) is 45.8 Å². The van der Waals surface area contributed by atoms with Crippen LogP contribution in [0.2, 0.25) is 0 Å². The maximum atomic E-state index is 12.0. The molecule has 1 aromatic carbocycles. The van der Waals surface area contributed by atoms with Gasteiger partial charge in [0.15, 0.2) is 0 Å². The van der Waals surface area contributed by atoms with Gasteiger partial charge in [0.25, 0.3) is 5.91 Å². The average molecular weight is 283 g/mol. The van der Waals surface area contributed by atoms with Crippen molar-refractivity contribution >= 4 is 11.6 Å². The standard InChI is InChI=1S/C16H13NO4/c1-11-7-12(3-2-6-18)9-14(8-11)17-16(20)13-4-5-15(19)21-10-13/h4-5,7-10,18H,6H2,1H3,(H,17,20). The highest BCUT2D eigenvalue weighted by atomic mass is 16.4. The van der Waals surface area contributed by atoms with E-state index in [2.05, 4.69) is 21.6 Å². The summed E-state index contributed by atoms with van der Waals surface area (Å²) < 4.78 is 4.65. The number of nitrogens with one attached hydrogen (secondary N) is 1. The van der Waals surface area contributed by atoms with E-state index in [1.54, 1.807) is 12.1 Å². The van der Waals surface area contributed by atoms with Gasteiger partial charge in [-0.3, -0.25) is 4.79 Å². The third-order valence-electron chi connectivity index (χ3n) is 2.61. The molecule has 2 aromatic rings.